The molecule has 0 aromatic rings. The van der Waals surface area contributed by atoms with Crippen molar-refractivity contribution in [2.45, 2.75) is 189 Å². The zero-order valence-electron chi connectivity index (χ0n) is 33.4. The van der Waals surface area contributed by atoms with Crippen LogP contribution >= 0.6 is 0 Å². The molecule has 260 valence electrons. The Hall–Kier alpha value is -1.04. The highest BCUT2D eigenvalue weighted by molar-refractivity contribution is 7.94. The third-order valence-corrected chi connectivity index (χ3v) is 9.25. The Morgan fingerprint density at radius 2 is 0.558 bits per heavy atom. The largest absolute Gasteiger partial charge is 0.299 e. The lowest BCUT2D eigenvalue weighted by molar-refractivity contribution is -0.134. The molecule has 0 radical (unpaired) electrons. The van der Waals surface area contributed by atoms with Crippen molar-refractivity contribution in [3.8, 4) is 0 Å². The Balaban J connectivity index is -0.000000236. The maximum absolute atomic E-state index is 11.7. The first-order chi connectivity index (χ1) is 17.9. The lowest BCUT2D eigenvalue weighted by Crippen LogP contribution is -2.41. The zero-order valence-corrected chi connectivity index (χ0v) is 34.2. The van der Waals surface area contributed by atoms with Crippen LogP contribution < -0.4 is 0 Å². The molecule has 0 saturated heterocycles. The number of hydrogen-bond donors (Lipinski definition) is 0. The van der Waals surface area contributed by atoms with Crippen LogP contribution in [-0.4, -0.2) is 35.3 Å². The van der Waals surface area contributed by atoms with Crippen molar-refractivity contribution >= 4 is 27.2 Å². The molecule has 0 spiro atoms. The van der Waals surface area contributed by atoms with Gasteiger partial charge in [-0.25, -0.2) is 8.42 Å². The first-order valence-electron chi connectivity index (χ1n) is 15.8. The zero-order chi connectivity index (χ0) is 36.6. The normalized spacial score (nSPS) is 13.8. The minimum atomic E-state index is -3.01. The van der Waals surface area contributed by atoms with Crippen LogP contribution in [0.2, 0.25) is 0 Å². The van der Waals surface area contributed by atoms with Gasteiger partial charge in [0.15, 0.2) is 9.84 Å². The molecule has 0 bridgehead atoms. The van der Waals surface area contributed by atoms with Gasteiger partial charge in [0.1, 0.15) is 17.3 Å². The molecule has 0 unspecified atom stereocenters. The van der Waals surface area contributed by atoms with Crippen molar-refractivity contribution in [1.82, 2.24) is 0 Å². The lowest BCUT2D eigenvalue weighted by Gasteiger charge is -2.29. The van der Waals surface area contributed by atoms with Crippen LogP contribution in [0.5, 0.6) is 0 Å². The highest BCUT2D eigenvalue weighted by Gasteiger charge is 2.39. The maximum atomic E-state index is 11.7. The summed E-state index contributed by atoms with van der Waals surface area (Å²) in [5, 5.41) is 0. The van der Waals surface area contributed by atoms with Gasteiger partial charge < -0.3 is 0 Å². The number of sulfone groups is 1. The first-order valence-corrected chi connectivity index (χ1v) is 17.3. The van der Waals surface area contributed by atoms with Gasteiger partial charge in [-0.05, 0) is 52.4 Å². The molecule has 0 aromatic heterocycles. The molecule has 0 fully saturated rings. The standard InChI is InChI=1S/2C10H20O.C9H18O.C8H18O2S/c2*1-9(2,3)7-8(11)10(4,5)6;1-8(2,3)7(10)9(4,5)6;1-7(2,3)11(9,10)8(4,5)6/h2*7H2,1-6H3;1-6H3;1-6H3. The molecule has 0 aliphatic rings. The van der Waals surface area contributed by atoms with E-state index in [0.717, 1.165) is 0 Å². The van der Waals surface area contributed by atoms with Gasteiger partial charge in [-0.3, -0.25) is 14.4 Å². The quantitative estimate of drug-likeness (QED) is 0.302. The molecule has 0 aromatic carbocycles. The van der Waals surface area contributed by atoms with E-state index in [1.165, 1.54) is 0 Å². The highest BCUT2D eigenvalue weighted by atomic mass is 32.2. The average molecular weight is 633 g/mol. The Labute approximate surface area is 270 Å². The van der Waals surface area contributed by atoms with Crippen LogP contribution in [0, 0.1) is 32.5 Å². The van der Waals surface area contributed by atoms with Crippen LogP contribution in [0.1, 0.15) is 179 Å². The van der Waals surface area contributed by atoms with Crippen molar-refractivity contribution in [2.75, 3.05) is 0 Å². The summed E-state index contributed by atoms with van der Waals surface area (Å²) >= 11 is 0. The summed E-state index contributed by atoms with van der Waals surface area (Å²) in [6, 6.07) is 0. The van der Waals surface area contributed by atoms with Gasteiger partial charge in [0.2, 0.25) is 0 Å². The smallest absolute Gasteiger partial charge is 0.160 e. The third-order valence-electron chi connectivity index (χ3n) is 6.03. The molecule has 0 saturated carbocycles. The SMILES string of the molecule is CC(C)(C)C(=O)C(C)(C)C.CC(C)(C)CC(=O)C(C)(C)C.CC(C)(C)CC(=O)C(C)(C)C.CC(C)(C)S(=O)(=O)C(C)(C)C. The number of carbonyl (C=O) groups is 3. The topological polar surface area (TPSA) is 85.3 Å². The number of ketones is 3. The van der Waals surface area contributed by atoms with Crippen LogP contribution in [0.25, 0.3) is 0 Å². The molecule has 0 N–H and O–H groups in total. The van der Waals surface area contributed by atoms with E-state index in [9.17, 15) is 22.8 Å². The summed E-state index contributed by atoms with van der Waals surface area (Å²) in [6.45, 7) is 46.5. The van der Waals surface area contributed by atoms with E-state index in [1.807, 2.05) is 83.1 Å². The molecule has 43 heavy (non-hydrogen) atoms. The van der Waals surface area contributed by atoms with E-state index in [2.05, 4.69) is 41.5 Å². The summed E-state index contributed by atoms with van der Waals surface area (Å²) in [4.78, 5) is 34.4. The number of Topliss-reactive ketones (excluding diaryl/α,β-unsaturated/α-hetero) is 3. The van der Waals surface area contributed by atoms with E-state index in [0.29, 0.717) is 30.2 Å². The molecule has 0 aliphatic carbocycles. The monoisotopic (exact) mass is 633 g/mol. The lowest BCUT2D eigenvalue weighted by atomic mass is 9.76. The van der Waals surface area contributed by atoms with Crippen LogP contribution in [-0.2, 0) is 24.2 Å². The van der Waals surface area contributed by atoms with E-state index < -0.39 is 19.3 Å². The molecule has 0 rings (SSSR count). The van der Waals surface area contributed by atoms with Gasteiger partial charge in [0.25, 0.3) is 0 Å². The Morgan fingerprint density at radius 3 is 0.581 bits per heavy atom. The van der Waals surface area contributed by atoms with E-state index in [1.54, 1.807) is 41.5 Å². The van der Waals surface area contributed by atoms with Crippen molar-refractivity contribution in [1.29, 1.82) is 0 Å². The first kappa shape index (κ1) is 48.9. The van der Waals surface area contributed by atoms with Crippen LogP contribution in [0.4, 0.5) is 0 Å². The Bertz CT molecular complexity index is 899. The summed E-state index contributed by atoms with van der Waals surface area (Å²) in [7, 11) is -3.01. The van der Waals surface area contributed by atoms with Crippen LogP contribution in [0.3, 0.4) is 0 Å². The minimum Gasteiger partial charge on any atom is -0.299 e. The van der Waals surface area contributed by atoms with E-state index in [4.69, 9.17) is 0 Å². The number of rotatable bonds is 2. The minimum absolute atomic E-state index is 0.129. The Morgan fingerprint density at radius 1 is 0.372 bits per heavy atom. The molecule has 0 heterocycles. The predicted octanol–water partition coefficient (Wildman–Crippen LogP) is 10.7. The van der Waals surface area contributed by atoms with Gasteiger partial charge in [-0.15, -0.1) is 0 Å². The second-order valence-corrected chi connectivity index (χ2v) is 23.8. The third kappa shape index (κ3) is 23.9. The number of hydrogen-bond acceptors (Lipinski definition) is 5. The second kappa shape index (κ2) is 16.0. The molecule has 6 heteroatoms. The highest BCUT2D eigenvalue weighted by Crippen LogP contribution is 2.29. The molecule has 5 nitrogen and oxygen atoms in total. The van der Waals surface area contributed by atoms with Crippen LogP contribution in [0.15, 0.2) is 0 Å². The van der Waals surface area contributed by atoms with Crippen molar-refractivity contribution in [3.63, 3.8) is 0 Å². The van der Waals surface area contributed by atoms with E-state index in [-0.39, 0.29) is 32.5 Å². The molecule has 0 atom stereocenters. The molecular formula is C37H76O5S. The van der Waals surface area contributed by atoms with E-state index >= 15 is 0 Å². The summed E-state index contributed by atoms with van der Waals surface area (Å²) in [5.41, 5.74) is -0.480. The van der Waals surface area contributed by atoms with Crippen molar-refractivity contribution in [2.24, 2.45) is 32.5 Å². The fraction of sp³-hybridized carbons (Fsp3) is 0.919. The van der Waals surface area contributed by atoms with Crippen molar-refractivity contribution < 1.29 is 22.8 Å². The second-order valence-electron chi connectivity index (χ2n) is 20.4. The van der Waals surface area contributed by atoms with Crippen molar-refractivity contribution in [3.05, 3.63) is 0 Å². The maximum Gasteiger partial charge on any atom is 0.160 e. The summed E-state index contributed by atoms with van der Waals surface area (Å²) in [5.74, 6) is 1.02. The number of carbonyl (C=O) groups excluding carboxylic acids is 3. The van der Waals surface area contributed by atoms with Gasteiger partial charge in [-0.1, -0.05) is 125 Å². The molecular weight excluding hydrogens is 556 g/mol. The summed E-state index contributed by atoms with van der Waals surface area (Å²) in [6.07, 6.45) is 1.35. The molecule has 0 amide bonds. The molecule has 0 aliphatic heterocycles. The predicted molar refractivity (Wildman–Crippen MR) is 189 cm³/mol. The fourth-order valence-electron chi connectivity index (χ4n) is 3.54. The van der Waals surface area contributed by atoms with Gasteiger partial charge >= 0.3 is 0 Å². The fourth-order valence-corrected chi connectivity index (χ4v) is 5.37. The van der Waals surface area contributed by atoms with Gasteiger partial charge in [-0.2, -0.15) is 0 Å². The summed E-state index contributed by atoms with van der Waals surface area (Å²) < 4.78 is 22.1. The van der Waals surface area contributed by atoms with Gasteiger partial charge in [0, 0.05) is 34.5 Å². The Kier molecular flexibility index (Phi) is 18.2. The van der Waals surface area contributed by atoms with Gasteiger partial charge in [0.05, 0.1) is 9.49 Å². The average Bonchev–Trinajstić information content (AvgIpc) is 2.61.